The van der Waals surface area contributed by atoms with Crippen LogP contribution in [0.4, 0.5) is 0 Å². The Labute approximate surface area is 353 Å². The van der Waals surface area contributed by atoms with Crippen molar-refractivity contribution in [3.63, 3.8) is 0 Å². The molecule has 0 unspecified atom stereocenters. The first kappa shape index (κ1) is 32.5. The van der Waals surface area contributed by atoms with Crippen molar-refractivity contribution < 1.29 is 0 Å². The summed E-state index contributed by atoms with van der Waals surface area (Å²) in [5.74, 6) is 0. The summed E-state index contributed by atoms with van der Waals surface area (Å²) in [5, 5.41) is 12.3. The highest BCUT2D eigenvalue weighted by Gasteiger charge is 2.32. The van der Waals surface area contributed by atoms with Crippen LogP contribution in [0.2, 0.25) is 0 Å². The average Bonchev–Trinajstić information content (AvgIpc) is 4.16. The maximum Gasteiger partial charge on any atom is -0.00718 e. The molecular formula is C60H33P. The molecule has 0 aromatic heterocycles. The van der Waals surface area contributed by atoms with E-state index in [-0.39, 0.29) is 0 Å². The van der Waals surface area contributed by atoms with Crippen molar-refractivity contribution in [2.24, 2.45) is 0 Å². The molecule has 6 aliphatic rings. The molecule has 0 N–H and O–H groups in total. The van der Waals surface area contributed by atoms with Gasteiger partial charge < -0.3 is 0 Å². The van der Waals surface area contributed by atoms with Crippen molar-refractivity contribution >= 4 is 60.3 Å². The maximum absolute atomic E-state index is 2.53. The molecule has 0 radical (unpaired) electrons. The summed E-state index contributed by atoms with van der Waals surface area (Å²) in [6.45, 7) is 0. The van der Waals surface area contributed by atoms with Crippen molar-refractivity contribution in [3.05, 3.63) is 228 Å². The lowest BCUT2D eigenvalue weighted by atomic mass is 10.0. The highest BCUT2D eigenvalue weighted by Crippen LogP contribution is 2.45. The second-order valence-electron chi connectivity index (χ2n) is 17.1. The standard InChI is InChI=1S/C60H33P/c1-4-13-37-34(10-1)28-49-43(37)22-25-46-40-16-7-19-58(55(40)31-52(46)49)61(59-20-8-17-41-47-26-23-44-38-14-5-2-11-35(38)29-50(44)53(47)32-56(41)59)60-21-9-18-42-48-27-24-45-39-15-6-3-12-36(39)30-51(45)54(48)33-57(42)60/h1-33H. The van der Waals surface area contributed by atoms with Gasteiger partial charge in [0.05, 0.1) is 0 Å². The van der Waals surface area contributed by atoms with Crippen molar-refractivity contribution in [3.8, 4) is 66.8 Å². The molecular weight excluding hydrogens is 752 g/mol. The molecule has 0 amide bonds. The molecule has 0 spiro atoms. The SMILES string of the molecule is C1=c2c(ccc3c2=Cc2c-3cccc2P(c2cccc3c2C=c2c-3ccc3c2=Cc2ccccc2-3)c2cccc3c2C=c2c-3ccc3c2=Cc2ccccc2-3)-c2ccccc21. The molecule has 0 atom stereocenters. The van der Waals surface area contributed by atoms with Gasteiger partial charge >= 0.3 is 0 Å². The van der Waals surface area contributed by atoms with Gasteiger partial charge in [0.1, 0.15) is 0 Å². The van der Waals surface area contributed by atoms with Gasteiger partial charge in [0, 0.05) is 0 Å². The molecule has 0 fully saturated rings. The molecule has 0 saturated heterocycles. The van der Waals surface area contributed by atoms with Crippen molar-refractivity contribution in [2.75, 3.05) is 0 Å². The van der Waals surface area contributed by atoms with E-state index in [4.69, 9.17) is 0 Å². The van der Waals surface area contributed by atoms with Crippen molar-refractivity contribution in [2.45, 2.75) is 0 Å². The molecule has 0 aliphatic heterocycles. The van der Waals surface area contributed by atoms with E-state index < -0.39 is 7.92 Å². The van der Waals surface area contributed by atoms with E-state index in [1.54, 1.807) is 0 Å². The van der Waals surface area contributed by atoms with Gasteiger partial charge in [-0.1, -0.05) is 164 Å². The second-order valence-corrected chi connectivity index (χ2v) is 19.3. The fourth-order valence-electron chi connectivity index (χ4n) is 11.5. The smallest absolute Gasteiger partial charge is 0.00718 e. The first-order valence-corrected chi connectivity index (χ1v) is 22.7. The van der Waals surface area contributed by atoms with Gasteiger partial charge in [-0.25, -0.2) is 0 Å². The van der Waals surface area contributed by atoms with Crippen LogP contribution in [0, 0.1) is 0 Å². The minimum atomic E-state index is -1.04. The van der Waals surface area contributed by atoms with Gasteiger partial charge in [0.15, 0.2) is 0 Å². The fraction of sp³-hybridized carbons (Fsp3) is 0. The van der Waals surface area contributed by atoms with Crippen LogP contribution in [0.15, 0.2) is 164 Å². The van der Waals surface area contributed by atoms with Gasteiger partial charge in [0.25, 0.3) is 0 Å². The predicted octanol–water partition coefficient (Wildman–Crippen LogP) is 8.30. The summed E-state index contributed by atoms with van der Waals surface area (Å²) in [6, 6.07) is 62.0. The molecule has 0 nitrogen and oxygen atoms in total. The van der Waals surface area contributed by atoms with Gasteiger partial charge in [-0.05, 0) is 192 Å². The number of hydrogen-bond acceptors (Lipinski definition) is 0. The summed E-state index contributed by atoms with van der Waals surface area (Å²) in [7, 11) is -1.04. The third kappa shape index (κ3) is 4.23. The zero-order chi connectivity index (χ0) is 39.5. The largest absolute Gasteiger partial charge is 0.0616 e. The van der Waals surface area contributed by atoms with Crippen LogP contribution < -0.4 is 47.2 Å². The minimum absolute atomic E-state index is 1.04. The fourth-order valence-corrected chi connectivity index (χ4v) is 14.3. The lowest BCUT2D eigenvalue weighted by molar-refractivity contribution is 1.54. The summed E-state index contributed by atoms with van der Waals surface area (Å²) >= 11 is 0. The predicted molar refractivity (Wildman–Crippen MR) is 257 cm³/mol. The van der Waals surface area contributed by atoms with E-state index in [1.807, 2.05) is 0 Å². The van der Waals surface area contributed by atoms with Crippen LogP contribution >= 0.6 is 7.92 Å². The Kier molecular flexibility index (Phi) is 6.22. The van der Waals surface area contributed by atoms with Crippen LogP contribution in [0.25, 0.3) is 103 Å². The van der Waals surface area contributed by atoms with Crippen LogP contribution in [0.1, 0.15) is 33.4 Å². The molecule has 1 heteroatoms. The average molecular weight is 785 g/mol. The topological polar surface area (TPSA) is 0 Å². The zero-order valence-corrected chi connectivity index (χ0v) is 33.9. The Balaban J connectivity index is 1.00. The van der Waals surface area contributed by atoms with Gasteiger partial charge in [0.2, 0.25) is 0 Å². The Morgan fingerprint density at radius 1 is 0.197 bits per heavy atom. The lowest BCUT2D eigenvalue weighted by Crippen LogP contribution is -2.27. The van der Waals surface area contributed by atoms with E-state index in [0.717, 1.165) is 0 Å². The summed E-state index contributed by atoms with van der Waals surface area (Å²) in [5.41, 5.74) is 24.0. The highest BCUT2D eigenvalue weighted by atomic mass is 31.1. The van der Waals surface area contributed by atoms with E-state index >= 15 is 0 Å². The second kappa shape index (κ2) is 11.7. The third-order valence-corrected chi connectivity index (χ3v) is 16.8. The van der Waals surface area contributed by atoms with Gasteiger partial charge in [-0.3, -0.25) is 0 Å². The lowest BCUT2D eigenvalue weighted by Gasteiger charge is -2.26. The van der Waals surface area contributed by atoms with E-state index in [0.29, 0.717) is 0 Å². The van der Waals surface area contributed by atoms with Crippen LogP contribution in [0.3, 0.4) is 0 Å². The molecule has 278 valence electrons. The number of fused-ring (bicyclic) bond motifs is 21. The first-order chi connectivity index (χ1) is 30.2. The van der Waals surface area contributed by atoms with Crippen LogP contribution in [0.5, 0.6) is 0 Å². The Morgan fingerprint density at radius 2 is 0.459 bits per heavy atom. The third-order valence-electron chi connectivity index (χ3n) is 14.2. The quantitative estimate of drug-likeness (QED) is 0.158. The molecule has 6 aliphatic carbocycles. The molecule has 9 aromatic carbocycles. The highest BCUT2D eigenvalue weighted by molar-refractivity contribution is 7.80. The molecule has 0 bridgehead atoms. The van der Waals surface area contributed by atoms with Crippen molar-refractivity contribution in [1.82, 2.24) is 0 Å². The summed E-state index contributed by atoms with van der Waals surface area (Å²) < 4.78 is 0. The van der Waals surface area contributed by atoms with Crippen LogP contribution in [-0.4, -0.2) is 0 Å². The van der Waals surface area contributed by atoms with E-state index in [1.165, 1.54) is 147 Å². The number of benzene rings is 9. The Hall–Kier alpha value is -7.37. The minimum Gasteiger partial charge on any atom is -0.0616 e. The zero-order valence-electron chi connectivity index (χ0n) is 33.0. The maximum atomic E-state index is 2.53. The Morgan fingerprint density at radius 3 is 0.787 bits per heavy atom. The van der Waals surface area contributed by atoms with Crippen LogP contribution in [-0.2, 0) is 0 Å². The first-order valence-electron chi connectivity index (χ1n) is 21.3. The summed E-state index contributed by atoms with van der Waals surface area (Å²) in [6.07, 6.45) is 14.8. The summed E-state index contributed by atoms with van der Waals surface area (Å²) in [4.78, 5) is 0. The molecule has 0 heterocycles. The molecule has 9 aromatic rings. The normalized spacial score (nSPS) is 13.5. The molecule has 0 saturated carbocycles. The molecule has 61 heavy (non-hydrogen) atoms. The molecule has 15 rings (SSSR count). The monoisotopic (exact) mass is 784 g/mol. The van der Waals surface area contributed by atoms with E-state index in [2.05, 4.69) is 200 Å². The van der Waals surface area contributed by atoms with E-state index in [9.17, 15) is 0 Å². The van der Waals surface area contributed by atoms with Gasteiger partial charge in [-0.2, -0.15) is 0 Å². The number of hydrogen-bond donors (Lipinski definition) is 0. The Bertz CT molecular complexity index is 3580. The van der Waals surface area contributed by atoms with Crippen molar-refractivity contribution in [1.29, 1.82) is 0 Å². The van der Waals surface area contributed by atoms with Gasteiger partial charge in [-0.15, -0.1) is 0 Å². The number of rotatable bonds is 3.